The monoisotopic (exact) mass is 316 g/mol. The molecule has 6 atom stereocenters. The highest BCUT2D eigenvalue weighted by Gasteiger charge is 2.59. The Morgan fingerprint density at radius 1 is 1.04 bits per heavy atom. The van der Waals surface area contributed by atoms with Crippen LogP contribution in [0.15, 0.2) is 12.2 Å². The molecular formula is C18H24N2O3. The van der Waals surface area contributed by atoms with Gasteiger partial charge in [0.25, 0.3) is 0 Å². The lowest BCUT2D eigenvalue weighted by atomic mass is 9.85. The zero-order chi connectivity index (χ0) is 16.3. The number of carbonyl (C=O) groups is 3. The van der Waals surface area contributed by atoms with Crippen molar-refractivity contribution < 1.29 is 14.4 Å². The fourth-order valence-corrected chi connectivity index (χ4v) is 5.25. The molecular weight excluding hydrogens is 292 g/mol. The number of amides is 3. The van der Waals surface area contributed by atoms with Gasteiger partial charge in [0.2, 0.25) is 17.7 Å². The molecule has 0 aromatic heterocycles. The van der Waals surface area contributed by atoms with E-state index in [0.29, 0.717) is 0 Å². The summed E-state index contributed by atoms with van der Waals surface area (Å²) in [6.07, 6.45) is 8.21. The lowest BCUT2D eigenvalue weighted by molar-refractivity contribution is -0.149. The quantitative estimate of drug-likeness (QED) is 0.574. The van der Waals surface area contributed by atoms with Crippen molar-refractivity contribution in [1.29, 1.82) is 0 Å². The summed E-state index contributed by atoms with van der Waals surface area (Å²) in [7, 11) is 0. The van der Waals surface area contributed by atoms with Crippen molar-refractivity contribution in [3.63, 3.8) is 0 Å². The van der Waals surface area contributed by atoms with Crippen molar-refractivity contribution in [3.05, 3.63) is 12.2 Å². The molecule has 2 bridgehead atoms. The van der Waals surface area contributed by atoms with Gasteiger partial charge in [0, 0.05) is 12.1 Å². The second kappa shape index (κ2) is 5.18. The first-order chi connectivity index (χ1) is 11.0. The van der Waals surface area contributed by atoms with E-state index in [1.54, 1.807) is 0 Å². The molecule has 0 aromatic rings. The Hall–Kier alpha value is -1.65. The lowest BCUT2D eigenvalue weighted by Crippen LogP contribution is -2.52. The van der Waals surface area contributed by atoms with Crippen LogP contribution in [0.4, 0.5) is 0 Å². The van der Waals surface area contributed by atoms with Crippen molar-refractivity contribution in [2.45, 2.75) is 51.6 Å². The van der Waals surface area contributed by atoms with E-state index in [1.807, 2.05) is 4.90 Å². The first-order valence-electron chi connectivity index (χ1n) is 8.83. The second-order valence-electron chi connectivity index (χ2n) is 7.69. The normalized spacial score (nSPS) is 41.8. The van der Waals surface area contributed by atoms with Crippen molar-refractivity contribution in [2.75, 3.05) is 6.54 Å². The molecule has 0 N–H and O–H groups in total. The maximum atomic E-state index is 12.7. The smallest absolute Gasteiger partial charge is 0.243 e. The molecule has 124 valence electrons. The van der Waals surface area contributed by atoms with Gasteiger partial charge in [0.05, 0.1) is 11.8 Å². The van der Waals surface area contributed by atoms with Crippen LogP contribution < -0.4 is 0 Å². The molecule has 0 spiro atoms. The summed E-state index contributed by atoms with van der Waals surface area (Å²) in [5, 5.41) is 0. The maximum Gasteiger partial charge on any atom is 0.243 e. The highest BCUT2D eigenvalue weighted by atomic mass is 16.2. The fraction of sp³-hybridized carbons (Fsp3) is 0.722. The third-order valence-corrected chi connectivity index (χ3v) is 6.34. The van der Waals surface area contributed by atoms with E-state index < -0.39 is 0 Å². The van der Waals surface area contributed by atoms with Gasteiger partial charge < -0.3 is 4.90 Å². The van der Waals surface area contributed by atoms with E-state index in [0.717, 1.165) is 25.7 Å². The average Bonchev–Trinajstić information content (AvgIpc) is 3.17. The summed E-state index contributed by atoms with van der Waals surface area (Å²) in [5.74, 6) is -0.330. The van der Waals surface area contributed by atoms with E-state index in [2.05, 4.69) is 26.0 Å². The number of imide groups is 1. The SMILES string of the molecule is C[C@@H]1CCC[C@@H](C)N1C(=O)CN1C(=O)[C@@H]2[C@H](C1=O)[C@H]1C=C[C@H]2C1. The first-order valence-corrected chi connectivity index (χ1v) is 8.83. The molecule has 5 nitrogen and oxygen atoms in total. The molecule has 0 unspecified atom stereocenters. The highest BCUT2D eigenvalue weighted by molar-refractivity contribution is 6.08. The van der Waals surface area contributed by atoms with Crippen LogP contribution in [-0.2, 0) is 14.4 Å². The molecule has 0 aromatic carbocycles. The molecule has 5 heteroatoms. The summed E-state index contributed by atoms with van der Waals surface area (Å²) in [6.45, 7) is 4.04. The molecule has 2 saturated heterocycles. The minimum atomic E-state index is -0.207. The van der Waals surface area contributed by atoms with E-state index in [1.165, 1.54) is 4.90 Å². The largest absolute Gasteiger partial charge is 0.336 e. The summed E-state index contributed by atoms with van der Waals surface area (Å²) in [4.78, 5) is 41.2. The third kappa shape index (κ3) is 2.08. The van der Waals surface area contributed by atoms with Crippen LogP contribution >= 0.6 is 0 Å². The van der Waals surface area contributed by atoms with Gasteiger partial charge in [-0.1, -0.05) is 12.2 Å². The summed E-state index contributed by atoms with van der Waals surface area (Å²) in [6, 6.07) is 0.382. The fourth-order valence-electron chi connectivity index (χ4n) is 5.25. The van der Waals surface area contributed by atoms with E-state index in [9.17, 15) is 14.4 Å². The van der Waals surface area contributed by atoms with Crippen molar-refractivity contribution >= 4 is 17.7 Å². The van der Waals surface area contributed by atoms with Crippen LogP contribution in [0.1, 0.15) is 39.5 Å². The van der Waals surface area contributed by atoms with Gasteiger partial charge in [-0.05, 0) is 51.4 Å². The van der Waals surface area contributed by atoms with Crippen LogP contribution in [0.2, 0.25) is 0 Å². The Morgan fingerprint density at radius 3 is 2.09 bits per heavy atom. The van der Waals surface area contributed by atoms with Gasteiger partial charge >= 0.3 is 0 Å². The number of allylic oxidation sites excluding steroid dienone is 2. The Morgan fingerprint density at radius 2 is 1.57 bits per heavy atom. The summed E-state index contributed by atoms with van der Waals surface area (Å²) in [5.41, 5.74) is 0. The van der Waals surface area contributed by atoms with Crippen molar-refractivity contribution in [1.82, 2.24) is 9.80 Å². The molecule has 2 aliphatic carbocycles. The lowest BCUT2D eigenvalue weighted by Gasteiger charge is -2.39. The van der Waals surface area contributed by atoms with Crippen LogP contribution in [0.25, 0.3) is 0 Å². The van der Waals surface area contributed by atoms with Crippen LogP contribution in [0.3, 0.4) is 0 Å². The topological polar surface area (TPSA) is 57.7 Å². The molecule has 4 rings (SSSR count). The molecule has 3 fully saturated rings. The predicted octanol–water partition coefficient (Wildman–Crippen LogP) is 1.58. The highest BCUT2D eigenvalue weighted by Crippen LogP contribution is 2.52. The number of likely N-dealkylation sites (tertiary alicyclic amines) is 2. The van der Waals surface area contributed by atoms with Gasteiger partial charge in [-0.2, -0.15) is 0 Å². The number of hydrogen-bond donors (Lipinski definition) is 0. The minimum absolute atomic E-state index is 0.0706. The average molecular weight is 316 g/mol. The zero-order valence-corrected chi connectivity index (χ0v) is 13.8. The number of piperidine rings is 1. The number of rotatable bonds is 2. The van der Waals surface area contributed by atoms with E-state index in [-0.39, 0.29) is 60.0 Å². The van der Waals surface area contributed by atoms with Gasteiger partial charge in [-0.3, -0.25) is 19.3 Å². The Balaban J connectivity index is 1.50. The standard InChI is InChI=1S/C18H24N2O3/c1-10-4-3-5-11(2)20(10)14(21)9-19-17(22)15-12-6-7-13(8-12)16(15)18(19)23/h6-7,10-13,15-16H,3-5,8-9H2,1-2H3/t10-,11-,12+,13+,15-,16+/m1/s1. The molecule has 2 aliphatic heterocycles. The van der Waals surface area contributed by atoms with Crippen LogP contribution in [0, 0.1) is 23.7 Å². The molecule has 0 radical (unpaired) electrons. The zero-order valence-electron chi connectivity index (χ0n) is 13.8. The molecule has 2 heterocycles. The molecule has 4 aliphatic rings. The van der Waals surface area contributed by atoms with Gasteiger partial charge in [0.15, 0.2) is 0 Å². The Kier molecular flexibility index (Phi) is 3.36. The Bertz CT molecular complexity index is 559. The van der Waals surface area contributed by atoms with E-state index >= 15 is 0 Å². The number of carbonyl (C=O) groups excluding carboxylic acids is 3. The third-order valence-electron chi connectivity index (χ3n) is 6.34. The Labute approximate surface area is 136 Å². The van der Waals surface area contributed by atoms with Crippen molar-refractivity contribution in [2.24, 2.45) is 23.7 Å². The van der Waals surface area contributed by atoms with Crippen LogP contribution in [-0.4, -0.2) is 46.1 Å². The van der Waals surface area contributed by atoms with Gasteiger partial charge in [-0.15, -0.1) is 0 Å². The summed E-state index contributed by atoms with van der Waals surface area (Å²) < 4.78 is 0. The number of hydrogen-bond acceptors (Lipinski definition) is 3. The molecule has 23 heavy (non-hydrogen) atoms. The van der Waals surface area contributed by atoms with E-state index in [4.69, 9.17) is 0 Å². The minimum Gasteiger partial charge on any atom is -0.336 e. The number of nitrogens with zero attached hydrogens (tertiary/aromatic N) is 2. The molecule has 3 amide bonds. The van der Waals surface area contributed by atoms with Gasteiger partial charge in [-0.25, -0.2) is 0 Å². The maximum absolute atomic E-state index is 12.7. The summed E-state index contributed by atoms with van der Waals surface area (Å²) >= 11 is 0. The van der Waals surface area contributed by atoms with Crippen LogP contribution in [0.5, 0.6) is 0 Å². The second-order valence-corrected chi connectivity index (χ2v) is 7.69. The number of fused-ring (bicyclic) bond motifs is 5. The van der Waals surface area contributed by atoms with Crippen molar-refractivity contribution in [3.8, 4) is 0 Å². The predicted molar refractivity (Wildman–Crippen MR) is 84.1 cm³/mol. The van der Waals surface area contributed by atoms with Gasteiger partial charge in [0.1, 0.15) is 6.54 Å². The molecule has 1 saturated carbocycles. The first kappa shape index (κ1) is 14.9.